The molecule has 1 aliphatic heterocycles. The second-order valence-corrected chi connectivity index (χ2v) is 6.54. The monoisotopic (exact) mass is 301 g/mol. The zero-order valence-corrected chi connectivity index (χ0v) is 13.0. The Kier molecular flexibility index (Phi) is 4.39. The van der Waals surface area contributed by atoms with Gasteiger partial charge in [-0.25, -0.2) is 9.97 Å². The number of likely N-dealkylation sites (tertiary alicyclic amines) is 1. The Balaban J connectivity index is 1.67. The zero-order chi connectivity index (χ0) is 14.7. The summed E-state index contributed by atoms with van der Waals surface area (Å²) in [6, 6.07) is 7.91. The van der Waals surface area contributed by atoms with Crippen molar-refractivity contribution in [2.75, 3.05) is 18.8 Å². The fourth-order valence-electron chi connectivity index (χ4n) is 2.73. The second-order valence-electron chi connectivity index (χ2n) is 5.57. The van der Waals surface area contributed by atoms with Crippen molar-refractivity contribution in [1.82, 2.24) is 14.9 Å². The van der Waals surface area contributed by atoms with Gasteiger partial charge >= 0.3 is 0 Å². The molecule has 1 aromatic carbocycles. The molecular weight excluding hydrogens is 282 g/mol. The van der Waals surface area contributed by atoms with E-state index in [0.29, 0.717) is 11.7 Å². The van der Waals surface area contributed by atoms with Crippen LogP contribution in [0.1, 0.15) is 19.8 Å². The first-order valence-electron chi connectivity index (χ1n) is 7.34. The Labute approximate surface area is 129 Å². The quantitative estimate of drug-likeness (QED) is 0.646. The topological polar surface area (TPSA) is 46.1 Å². The van der Waals surface area contributed by atoms with Gasteiger partial charge in [0.2, 0.25) is 5.91 Å². The number of rotatable bonds is 3. The number of amides is 1. The number of nitrogens with zero attached hydrogens (tertiary/aromatic N) is 3. The van der Waals surface area contributed by atoms with E-state index in [1.807, 2.05) is 29.2 Å². The van der Waals surface area contributed by atoms with E-state index in [0.717, 1.165) is 35.4 Å². The number of thioether (sulfide) groups is 1. The molecule has 4 nitrogen and oxygen atoms in total. The normalized spacial score (nSPS) is 18.9. The zero-order valence-electron chi connectivity index (χ0n) is 12.2. The summed E-state index contributed by atoms with van der Waals surface area (Å²) in [5.41, 5.74) is 0.925. The number of aromatic nitrogens is 2. The Bertz CT molecular complexity index is 641. The average molecular weight is 301 g/mol. The van der Waals surface area contributed by atoms with E-state index in [-0.39, 0.29) is 5.91 Å². The first kappa shape index (κ1) is 14.3. The van der Waals surface area contributed by atoms with Crippen LogP contribution in [0.2, 0.25) is 0 Å². The second kappa shape index (κ2) is 6.43. The largest absolute Gasteiger partial charge is 0.342 e. The van der Waals surface area contributed by atoms with E-state index in [9.17, 15) is 4.79 Å². The number of para-hydroxylation sites is 1. The molecule has 0 saturated carbocycles. The molecule has 110 valence electrons. The van der Waals surface area contributed by atoms with Gasteiger partial charge < -0.3 is 4.90 Å². The minimum Gasteiger partial charge on any atom is -0.342 e. The Morgan fingerprint density at radius 3 is 3.10 bits per heavy atom. The average Bonchev–Trinajstić information content (AvgIpc) is 2.52. The van der Waals surface area contributed by atoms with Gasteiger partial charge in [-0.2, -0.15) is 0 Å². The predicted octanol–water partition coefficient (Wildman–Crippen LogP) is 2.98. The van der Waals surface area contributed by atoms with Crippen LogP contribution in [0.3, 0.4) is 0 Å². The highest BCUT2D eigenvalue weighted by atomic mass is 32.2. The summed E-state index contributed by atoms with van der Waals surface area (Å²) in [5, 5.41) is 1.91. The lowest BCUT2D eigenvalue weighted by molar-refractivity contribution is -0.130. The molecule has 1 aliphatic rings. The number of hydrogen-bond donors (Lipinski definition) is 0. The van der Waals surface area contributed by atoms with Crippen LogP contribution in [0.4, 0.5) is 0 Å². The third kappa shape index (κ3) is 3.35. The fourth-order valence-corrected chi connectivity index (χ4v) is 3.62. The van der Waals surface area contributed by atoms with Crippen LogP contribution in [-0.2, 0) is 4.79 Å². The molecule has 5 heteroatoms. The molecule has 1 fully saturated rings. The molecule has 2 aromatic rings. The minimum atomic E-state index is 0.217. The lowest BCUT2D eigenvalue weighted by Crippen LogP contribution is -2.40. The van der Waals surface area contributed by atoms with Crippen LogP contribution in [-0.4, -0.2) is 39.6 Å². The maximum Gasteiger partial charge on any atom is 0.232 e. The number of carbonyl (C=O) groups is 1. The van der Waals surface area contributed by atoms with E-state index < -0.39 is 0 Å². The SMILES string of the molecule is CC1CCCN(C(=O)CSc2ncnc3ccccc23)C1. The van der Waals surface area contributed by atoms with E-state index >= 15 is 0 Å². The summed E-state index contributed by atoms with van der Waals surface area (Å²) in [6.45, 7) is 4.00. The summed E-state index contributed by atoms with van der Waals surface area (Å²) in [5.74, 6) is 1.29. The van der Waals surface area contributed by atoms with Crippen LogP contribution in [0.15, 0.2) is 35.6 Å². The van der Waals surface area contributed by atoms with Gasteiger partial charge in [0.1, 0.15) is 11.4 Å². The van der Waals surface area contributed by atoms with Gasteiger partial charge in [0.25, 0.3) is 0 Å². The maximum absolute atomic E-state index is 12.3. The first-order chi connectivity index (χ1) is 10.2. The van der Waals surface area contributed by atoms with Gasteiger partial charge in [0.15, 0.2) is 0 Å². The Morgan fingerprint density at radius 2 is 2.24 bits per heavy atom. The molecule has 1 atom stereocenters. The maximum atomic E-state index is 12.3. The van der Waals surface area contributed by atoms with E-state index in [4.69, 9.17) is 0 Å². The van der Waals surface area contributed by atoms with Crippen LogP contribution in [0.5, 0.6) is 0 Å². The highest BCUT2D eigenvalue weighted by Gasteiger charge is 2.21. The highest BCUT2D eigenvalue weighted by Crippen LogP contribution is 2.25. The molecule has 0 aliphatic carbocycles. The van der Waals surface area contributed by atoms with Crippen LogP contribution >= 0.6 is 11.8 Å². The number of carbonyl (C=O) groups excluding carboxylic acids is 1. The van der Waals surface area contributed by atoms with Crippen LogP contribution in [0, 0.1) is 5.92 Å². The number of piperidine rings is 1. The smallest absolute Gasteiger partial charge is 0.232 e. The fraction of sp³-hybridized carbons (Fsp3) is 0.438. The Morgan fingerprint density at radius 1 is 1.38 bits per heavy atom. The van der Waals surface area contributed by atoms with Crippen molar-refractivity contribution in [3.8, 4) is 0 Å². The van der Waals surface area contributed by atoms with Crippen molar-refractivity contribution in [3.05, 3.63) is 30.6 Å². The van der Waals surface area contributed by atoms with Gasteiger partial charge in [-0.1, -0.05) is 36.9 Å². The third-order valence-corrected chi connectivity index (χ3v) is 4.84. The van der Waals surface area contributed by atoms with Gasteiger partial charge in [-0.3, -0.25) is 4.79 Å². The molecule has 0 bridgehead atoms. The molecule has 1 saturated heterocycles. The Hall–Kier alpha value is -1.62. The summed E-state index contributed by atoms with van der Waals surface area (Å²) < 4.78 is 0. The molecular formula is C16H19N3OS. The number of hydrogen-bond acceptors (Lipinski definition) is 4. The number of fused-ring (bicyclic) bond motifs is 1. The van der Waals surface area contributed by atoms with Crippen molar-refractivity contribution in [2.24, 2.45) is 5.92 Å². The van der Waals surface area contributed by atoms with Crippen molar-refractivity contribution in [2.45, 2.75) is 24.8 Å². The van der Waals surface area contributed by atoms with Gasteiger partial charge in [-0.15, -0.1) is 0 Å². The summed E-state index contributed by atoms with van der Waals surface area (Å²) in [6.07, 6.45) is 3.92. The van der Waals surface area contributed by atoms with Gasteiger partial charge in [0, 0.05) is 18.5 Å². The molecule has 1 unspecified atom stereocenters. The van der Waals surface area contributed by atoms with E-state index in [1.54, 1.807) is 6.33 Å². The molecule has 3 rings (SSSR count). The van der Waals surface area contributed by atoms with Gasteiger partial charge in [0.05, 0.1) is 11.3 Å². The van der Waals surface area contributed by atoms with Crippen molar-refractivity contribution >= 4 is 28.6 Å². The molecule has 1 amide bonds. The predicted molar refractivity (Wildman–Crippen MR) is 85.2 cm³/mol. The summed E-state index contributed by atoms with van der Waals surface area (Å²) >= 11 is 1.51. The summed E-state index contributed by atoms with van der Waals surface area (Å²) in [4.78, 5) is 22.9. The molecule has 0 spiro atoms. The van der Waals surface area contributed by atoms with Crippen LogP contribution in [0.25, 0.3) is 10.9 Å². The third-order valence-electron chi connectivity index (χ3n) is 3.85. The van der Waals surface area contributed by atoms with Crippen molar-refractivity contribution in [3.63, 3.8) is 0 Å². The van der Waals surface area contributed by atoms with Gasteiger partial charge in [-0.05, 0) is 24.8 Å². The standard InChI is InChI=1S/C16H19N3OS/c1-12-5-4-8-19(9-12)15(20)10-21-16-13-6-2-3-7-14(13)17-11-18-16/h2-3,6-7,11-12H,4-5,8-10H2,1H3. The first-order valence-corrected chi connectivity index (χ1v) is 8.33. The van der Waals surface area contributed by atoms with Crippen molar-refractivity contribution < 1.29 is 4.79 Å². The lowest BCUT2D eigenvalue weighted by Gasteiger charge is -2.30. The molecule has 21 heavy (non-hydrogen) atoms. The van der Waals surface area contributed by atoms with Crippen molar-refractivity contribution in [1.29, 1.82) is 0 Å². The lowest BCUT2D eigenvalue weighted by atomic mass is 10.0. The molecule has 0 radical (unpaired) electrons. The summed E-state index contributed by atoms with van der Waals surface area (Å²) in [7, 11) is 0. The van der Waals surface area contributed by atoms with Crippen LogP contribution < -0.4 is 0 Å². The molecule has 2 heterocycles. The highest BCUT2D eigenvalue weighted by molar-refractivity contribution is 8.00. The molecule has 1 aromatic heterocycles. The minimum absolute atomic E-state index is 0.217. The van der Waals surface area contributed by atoms with E-state index in [2.05, 4.69) is 16.9 Å². The molecule has 0 N–H and O–H groups in total. The van der Waals surface area contributed by atoms with E-state index in [1.165, 1.54) is 18.2 Å². The number of benzene rings is 1.